The minimum atomic E-state index is -0.326. The van der Waals surface area contributed by atoms with Crippen molar-refractivity contribution in [3.05, 3.63) is 52.6 Å². The number of H-pyrrole nitrogens is 1. The molecule has 1 fully saturated rings. The van der Waals surface area contributed by atoms with Crippen LogP contribution in [0.15, 0.2) is 41.3 Å². The third-order valence-corrected chi connectivity index (χ3v) is 5.40. The molecule has 0 unspecified atom stereocenters. The summed E-state index contributed by atoms with van der Waals surface area (Å²) in [5.74, 6) is 1.79. The van der Waals surface area contributed by atoms with Crippen molar-refractivity contribution in [2.45, 2.75) is 19.8 Å². The van der Waals surface area contributed by atoms with Crippen LogP contribution in [0.1, 0.15) is 25.3 Å². The maximum atomic E-state index is 12.5. The van der Waals surface area contributed by atoms with Crippen LogP contribution in [0.25, 0.3) is 17.1 Å². The van der Waals surface area contributed by atoms with E-state index in [1.807, 2.05) is 32.0 Å². The Morgan fingerprint density at radius 3 is 2.52 bits per heavy atom. The van der Waals surface area contributed by atoms with Gasteiger partial charge in [-0.05, 0) is 48.9 Å². The second-order valence-corrected chi connectivity index (χ2v) is 7.78. The third kappa shape index (κ3) is 3.75. The first-order valence-electron chi connectivity index (χ1n) is 9.84. The molecular formula is C21H26N6O2. The van der Waals surface area contributed by atoms with E-state index in [2.05, 4.69) is 32.0 Å². The lowest BCUT2D eigenvalue weighted by atomic mass is 9.99. The summed E-state index contributed by atoms with van der Waals surface area (Å²) in [5.41, 5.74) is 1.89. The van der Waals surface area contributed by atoms with Gasteiger partial charge in [-0.3, -0.25) is 0 Å². The van der Waals surface area contributed by atoms with Gasteiger partial charge in [0, 0.05) is 31.7 Å². The number of hydrogen-bond acceptors (Lipinski definition) is 6. The fraction of sp³-hybridized carbons (Fsp3) is 0.381. The van der Waals surface area contributed by atoms with Gasteiger partial charge in [-0.2, -0.15) is 5.10 Å². The minimum absolute atomic E-state index is 0.151. The second-order valence-electron chi connectivity index (χ2n) is 7.78. The number of phenols is 1. The van der Waals surface area contributed by atoms with Crippen molar-refractivity contribution in [1.29, 1.82) is 0 Å². The van der Waals surface area contributed by atoms with Crippen molar-refractivity contribution in [2.75, 3.05) is 38.1 Å². The molecule has 29 heavy (non-hydrogen) atoms. The third-order valence-electron chi connectivity index (χ3n) is 5.40. The molecule has 0 bridgehead atoms. The van der Waals surface area contributed by atoms with Crippen LogP contribution in [0.4, 0.5) is 5.82 Å². The molecule has 0 atom stereocenters. The molecule has 0 saturated carbocycles. The summed E-state index contributed by atoms with van der Waals surface area (Å²) >= 11 is 0. The predicted molar refractivity (Wildman–Crippen MR) is 113 cm³/mol. The number of anilines is 1. The van der Waals surface area contributed by atoms with E-state index in [9.17, 15) is 9.90 Å². The molecule has 2 N–H and O–H groups in total. The number of nitrogens with zero attached hydrogens (tertiary/aromatic N) is 5. The SMILES string of the molecule is CC(C)c1cc(-c2n[nH]c(=O)n2-c2ccc(N3CCN(C)CC3)nc2)ccc1O. The van der Waals surface area contributed by atoms with Crippen molar-refractivity contribution in [3.63, 3.8) is 0 Å². The zero-order valence-corrected chi connectivity index (χ0v) is 17.0. The second kappa shape index (κ2) is 7.71. The molecule has 8 heteroatoms. The van der Waals surface area contributed by atoms with Crippen LogP contribution in [0.5, 0.6) is 5.75 Å². The summed E-state index contributed by atoms with van der Waals surface area (Å²) in [6, 6.07) is 9.12. The Balaban J connectivity index is 1.68. The molecule has 2 aromatic heterocycles. The van der Waals surface area contributed by atoms with Gasteiger partial charge in [-0.15, -0.1) is 0 Å². The first-order valence-corrected chi connectivity index (χ1v) is 9.84. The first-order chi connectivity index (χ1) is 13.9. The van der Waals surface area contributed by atoms with E-state index in [0.29, 0.717) is 11.5 Å². The molecule has 0 amide bonds. The molecule has 0 spiro atoms. The number of likely N-dealkylation sites (N-methyl/N-ethyl adjacent to an activating group) is 1. The molecule has 4 rings (SSSR count). The molecule has 3 aromatic rings. The van der Waals surface area contributed by atoms with Gasteiger partial charge in [0.05, 0.1) is 11.9 Å². The zero-order valence-electron chi connectivity index (χ0n) is 17.0. The highest BCUT2D eigenvalue weighted by Crippen LogP contribution is 2.30. The van der Waals surface area contributed by atoms with E-state index >= 15 is 0 Å². The standard InChI is InChI=1S/C21H26N6O2/c1-14(2)17-12-15(4-6-18(17)28)20-23-24-21(29)27(20)16-5-7-19(22-13-16)26-10-8-25(3)9-11-26/h4-7,12-14,28H,8-11H2,1-3H3,(H,24,29). The average Bonchev–Trinajstić information content (AvgIpc) is 3.10. The molecular weight excluding hydrogens is 368 g/mol. The average molecular weight is 394 g/mol. The molecule has 0 aliphatic carbocycles. The number of aromatic amines is 1. The number of hydrogen-bond donors (Lipinski definition) is 2. The number of aromatic hydroxyl groups is 1. The van der Waals surface area contributed by atoms with Gasteiger partial charge >= 0.3 is 5.69 Å². The number of piperazine rings is 1. The van der Waals surface area contributed by atoms with Gasteiger partial charge in [0.15, 0.2) is 5.82 Å². The molecule has 152 valence electrons. The van der Waals surface area contributed by atoms with Crippen LogP contribution < -0.4 is 10.6 Å². The summed E-state index contributed by atoms with van der Waals surface area (Å²) in [5, 5.41) is 16.8. The predicted octanol–water partition coefficient (Wildman–Crippen LogP) is 2.20. The van der Waals surface area contributed by atoms with Crippen molar-refractivity contribution in [2.24, 2.45) is 0 Å². The minimum Gasteiger partial charge on any atom is -0.508 e. The van der Waals surface area contributed by atoms with E-state index < -0.39 is 0 Å². The maximum absolute atomic E-state index is 12.5. The number of rotatable bonds is 4. The molecule has 0 radical (unpaired) electrons. The highest BCUT2D eigenvalue weighted by molar-refractivity contribution is 5.61. The van der Waals surface area contributed by atoms with Crippen LogP contribution >= 0.6 is 0 Å². The van der Waals surface area contributed by atoms with Crippen molar-refractivity contribution < 1.29 is 5.11 Å². The Kier molecular flexibility index (Phi) is 5.10. The van der Waals surface area contributed by atoms with Gasteiger partial charge in [0.1, 0.15) is 11.6 Å². The number of phenolic OH excluding ortho intramolecular Hbond substituents is 1. The maximum Gasteiger partial charge on any atom is 0.348 e. The van der Waals surface area contributed by atoms with Gasteiger partial charge < -0.3 is 14.9 Å². The monoisotopic (exact) mass is 394 g/mol. The van der Waals surface area contributed by atoms with Crippen molar-refractivity contribution in [1.82, 2.24) is 24.6 Å². The Morgan fingerprint density at radius 2 is 1.86 bits per heavy atom. The lowest BCUT2D eigenvalue weighted by Gasteiger charge is -2.33. The summed E-state index contributed by atoms with van der Waals surface area (Å²) in [6.45, 7) is 7.91. The van der Waals surface area contributed by atoms with Crippen molar-refractivity contribution in [3.8, 4) is 22.8 Å². The number of pyridine rings is 1. The Morgan fingerprint density at radius 1 is 1.10 bits per heavy atom. The van der Waals surface area contributed by atoms with Crippen LogP contribution in [0.2, 0.25) is 0 Å². The summed E-state index contributed by atoms with van der Waals surface area (Å²) in [6.07, 6.45) is 1.71. The van der Waals surface area contributed by atoms with E-state index in [1.165, 1.54) is 4.57 Å². The van der Waals surface area contributed by atoms with Crippen LogP contribution in [0, 0.1) is 0 Å². The fourth-order valence-electron chi connectivity index (χ4n) is 3.62. The van der Waals surface area contributed by atoms with E-state index in [4.69, 9.17) is 0 Å². The number of aromatic nitrogens is 4. The number of nitrogens with one attached hydrogen (secondary N) is 1. The lowest BCUT2D eigenvalue weighted by molar-refractivity contribution is 0.312. The number of benzene rings is 1. The molecule has 8 nitrogen and oxygen atoms in total. The lowest BCUT2D eigenvalue weighted by Crippen LogP contribution is -2.44. The van der Waals surface area contributed by atoms with Crippen LogP contribution in [0.3, 0.4) is 0 Å². The van der Waals surface area contributed by atoms with Gasteiger partial charge in [0.25, 0.3) is 0 Å². The first kappa shape index (κ1) is 19.2. The zero-order chi connectivity index (χ0) is 20.5. The van der Waals surface area contributed by atoms with E-state index in [-0.39, 0.29) is 17.4 Å². The van der Waals surface area contributed by atoms with Gasteiger partial charge in [-0.25, -0.2) is 19.4 Å². The summed E-state index contributed by atoms with van der Waals surface area (Å²) in [4.78, 5) is 21.6. The summed E-state index contributed by atoms with van der Waals surface area (Å²) in [7, 11) is 2.12. The Bertz CT molecular complexity index is 1050. The Hall–Kier alpha value is -3.13. The molecule has 1 aliphatic heterocycles. The quantitative estimate of drug-likeness (QED) is 0.705. The Labute approximate surface area is 169 Å². The van der Waals surface area contributed by atoms with Crippen LogP contribution in [-0.2, 0) is 0 Å². The van der Waals surface area contributed by atoms with Gasteiger partial charge in [-0.1, -0.05) is 13.8 Å². The molecule has 1 saturated heterocycles. The normalized spacial score (nSPS) is 15.2. The highest BCUT2D eigenvalue weighted by Gasteiger charge is 2.18. The smallest absolute Gasteiger partial charge is 0.348 e. The van der Waals surface area contributed by atoms with Crippen molar-refractivity contribution >= 4 is 5.82 Å². The largest absolute Gasteiger partial charge is 0.508 e. The van der Waals surface area contributed by atoms with E-state index in [1.54, 1.807) is 18.3 Å². The molecule has 3 heterocycles. The molecule has 1 aliphatic rings. The fourth-order valence-corrected chi connectivity index (χ4v) is 3.62. The topological polar surface area (TPSA) is 90.3 Å². The summed E-state index contributed by atoms with van der Waals surface area (Å²) < 4.78 is 1.51. The van der Waals surface area contributed by atoms with Gasteiger partial charge in [0.2, 0.25) is 0 Å². The molecule has 1 aromatic carbocycles. The van der Waals surface area contributed by atoms with Crippen LogP contribution in [-0.4, -0.2) is 63.0 Å². The highest BCUT2D eigenvalue weighted by atomic mass is 16.3. The van der Waals surface area contributed by atoms with E-state index in [0.717, 1.165) is 43.1 Å².